The highest BCUT2D eigenvalue weighted by Gasteiger charge is 2.32. The van der Waals surface area contributed by atoms with Gasteiger partial charge in [0, 0.05) is 25.6 Å². The molecule has 2 unspecified atom stereocenters. The van der Waals surface area contributed by atoms with Crippen molar-refractivity contribution in [3.05, 3.63) is 53.8 Å². The van der Waals surface area contributed by atoms with Crippen LogP contribution in [-0.2, 0) is 9.53 Å². The van der Waals surface area contributed by atoms with E-state index in [0.717, 1.165) is 30.6 Å². The van der Waals surface area contributed by atoms with E-state index >= 15 is 0 Å². The van der Waals surface area contributed by atoms with E-state index in [9.17, 15) is 19.1 Å². The number of anilines is 1. The summed E-state index contributed by atoms with van der Waals surface area (Å²) < 4.78 is 20.1. The van der Waals surface area contributed by atoms with Crippen molar-refractivity contribution in [2.75, 3.05) is 37.7 Å². The van der Waals surface area contributed by atoms with Gasteiger partial charge in [-0.05, 0) is 35.7 Å². The molecule has 164 valence electrons. The Labute approximate surface area is 180 Å². The Morgan fingerprint density at radius 3 is 2.58 bits per heavy atom. The number of rotatable bonds is 7. The summed E-state index contributed by atoms with van der Waals surface area (Å²) in [5.41, 5.74) is 2.57. The summed E-state index contributed by atoms with van der Waals surface area (Å²) in [7, 11) is 0. The first-order valence-electron chi connectivity index (χ1n) is 10.4. The number of hydrogen-bond acceptors (Lipinski definition) is 5. The van der Waals surface area contributed by atoms with Gasteiger partial charge in [-0.2, -0.15) is 0 Å². The number of nitrogens with one attached hydrogen (secondary N) is 1. The van der Waals surface area contributed by atoms with Crippen molar-refractivity contribution >= 4 is 17.7 Å². The van der Waals surface area contributed by atoms with Crippen LogP contribution in [0.25, 0.3) is 11.1 Å². The number of aliphatic hydroxyl groups excluding tert-OH is 1. The first kappa shape index (κ1) is 21.3. The van der Waals surface area contributed by atoms with Crippen molar-refractivity contribution in [2.45, 2.75) is 25.5 Å². The number of ether oxygens (including phenoxy) is 1. The van der Waals surface area contributed by atoms with Crippen LogP contribution in [0, 0.1) is 5.82 Å². The van der Waals surface area contributed by atoms with Crippen LogP contribution in [0.5, 0.6) is 0 Å². The molecule has 2 fully saturated rings. The standard InChI is InChI=1S/C23H26FN3O4/c1-15(29)25-12-19-13-27(23(30)31-19)18-7-8-20(21(24)11-18)16-3-5-17(6-4-16)22(14-28)26-9-2-10-26/h3-8,11,19,22,28H,2,9-10,12-14H2,1H3,(H,25,29). The third-order valence-electron chi connectivity index (χ3n) is 5.83. The molecule has 2 aromatic carbocycles. The minimum Gasteiger partial charge on any atom is -0.442 e. The third-order valence-corrected chi connectivity index (χ3v) is 5.83. The van der Waals surface area contributed by atoms with E-state index in [-0.39, 0.29) is 31.6 Å². The Kier molecular flexibility index (Phi) is 6.20. The molecule has 2 aliphatic rings. The fourth-order valence-corrected chi connectivity index (χ4v) is 3.97. The average molecular weight is 427 g/mol. The second-order valence-electron chi connectivity index (χ2n) is 7.93. The molecule has 0 bridgehead atoms. The van der Waals surface area contributed by atoms with Crippen LogP contribution in [0.1, 0.15) is 24.9 Å². The highest BCUT2D eigenvalue weighted by molar-refractivity contribution is 5.90. The summed E-state index contributed by atoms with van der Waals surface area (Å²) in [6.45, 7) is 3.87. The summed E-state index contributed by atoms with van der Waals surface area (Å²) in [6, 6.07) is 12.2. The van der Waals surface area contributed by atoms with Gasteiger partial charge >= 0.3 is 6.09 Å². The Morgan fingerprint density at radius 1 is 1.26 bits per heavy atom. The minimum absolute atomic E-state index is 0.0263. The van der Waals surface area contributed by atoms with E-state index < -0.39 is 18.0 Å². The largest absolute Gasteiger partial charge is 0.442 e. The number of halogens is 1. The topological polar surface area (TPSA) is 82.1 Å². The van der Waals surface area contributed by atoms with E-state index in [2.05, 4.69) is 10.2 Å². The number of nitrogens with zero attached hydrogens (tertiary/aromatic N) is 2. The molecular weight excluding hydrogens is 401 g/mol. The molecule has 2 amide bonds. The summed E-state index contributed by atoms with van der Waals surface area (Å²) in [5, 5.41) is 12.3. The second-order valence-corrected chi connectivity index (χ2v) is 7.93. The van der Waals surface area contributed by atoms with Gasteiger partial charge in [0.15, 0.2) is 0 Å². The lowest BCUT2D eigenvalue weighted by Gasteiger charge is -2.37. The number of carbonyl (C=O) groups is 2. The molecule has 4 rings (SSSR count). The Balaban J connectivity index is 1.47. The molecule has 2 aliphatic heterocycles. The average Bonchev–Trinajstić information content (AvgIpc) is 3.10. The van der Waals surface area contributed by atoms with Crippen molar-refractivity contribution < 1.29 is 23.8 Å². The number of benzene rings is 2. The summed E-state index contributed by atoms with van der Waals surface area (Å²) in [6.07, 6.45) is 0.107. The molecule has 0 radical (unpaired) electrons. The zero-order chi connectivity index (χ0) is 22.0. The molecule has 0 aliphatic carbocycles. The predicted octanol–water partition coefficient (Wildman–Crippen LogP) is 2.69. The normalized spacial score (nSPS) is 19.6. The zero-order valence-corrected chi connectivity index (χ0v) is 17.4. The molecule has 7 nitrogen and oxygen atoms in total. The van der Waals surface area contributed by atoms with Gasteiger partial charge in [-0.15, -0.1) is 0 Å². The molecule has 2 N–H and O–H groups in total. The quantitative estimate of drug-likeness (QED) is 0.710. The molecule has 8 heteroatoms. The first-order chi connectivity index (χ1) is 15.0. The molecule has 2 saturated heterocycles. The second kappa shape index (κ2) is 9.03. The van der Waals surface area contributed by atoms with Gasteiger partial charge in [0.1, 0.15) is 11.9 Å². The van der Waals surface area contributed by atoms with Crippen molar-refractivity contribution in [2.24, 2.45) is 0 Å². The molecule has 31 heavy (non-hydrogen) atoms. The number of amides is 2. The highest BCUT2D eigenvalue weighted by Crippen LogP contribution is 2.31. The van der Waals surface area contributed by atoms with E-state index in [1.807, 2.05) is 24.3 Å². The van der Waals surface area contributed by atoms with E-state index in [1.165, 1.54) is 17.9 Å². The maximum atomic E-state index is 14.9. The number of cyclic esters (lactones) is 1. The smallest absolute Gasteiger partial charge is 0.414 e. The Morgan fingerprint density at radius 2 is 2.00 bits per heavy atom. The number of aliphatic hydroxyl groups is 1. The molecule has 2 heterocycles. The maximum Gasteiger partial charge on any atom is 0.414 e. The Bertz CT molecular complexity index is 962. The van der Waals surface area contributed by atoms with Crippen LogP contribution in [-0.4, -0.2) is 60.9 Å². The van der Waals surface area contributed by atoms with Crippen molar-refractivity contribution in [1.29, 1.82) is 0 Å². The van der Waals surface area contributed by atoms with E-state index in [4.69, 9.17) is 4.74 Å². The lowest BCUT2D eigenvalue weighted by molar-refractivity contribution is -0.119. The predicted molar refractivity (Wildman–Crippen MR) is 114 cm³/mol. The van der Waals surface area contributed by atoms with Crippen LogP contribution in [0.3, 0.4) is 0 Å². The zero-order valence-electron chi connectivity index (χ0n) is 17.4. The van der Waals surface area contributed by atoms with Crippen LogP contribution in [0.2, 0.25) is 0 Å². The molecule has 2 aromatic rings. The van der Waals surface area contributed by atoms with Gasteiger partial charge in [0.25, 0.3) is 0 Å². The van der Waals surface area contributed by atoms with Crippen LogP contribution < -0.4 is 10.2 Å². The van der Waals surface area contributed by atoms with Crippen molar-refractivity contribution in [1.82, 2.24) is 10.2 Å². The molecule has 2 atom stereocenters. The summed E-state index contributed by atoms with van der Waals surface area (Å²) in [5.74, 6) is -0.643. The molecule has 0 saturated carbocycles. The monoisotopic (exact) mass is 427 g/mol. The van der Waals surface area contributed by atoms with Gasteiger partial charge in [-0.1, -0.05) is 24.3 Å². The molecular formula is C23H26FN3O4. The highest BCUT2D eigenvalue weighted by atomic mass is 19.1. The van der Waals surface area contributed by atoms with Crippen molar-refractivity contribution in [3.63, 3.8) is 0 Å². The fourth-order valence-electron chi connectivity index (χ4n) is 3.97. The lowest BCUT2D eigenvalue weighted by atomic mass is 9.98. The molecule has 0 spiro atoms. The van der Waals surface area contributed by atoms with Gasteiger partial charge in [-0.3, -0.25) is 14.6 Å². The maximum absolute atomic E-state index is 14.9. The summed E-state index contributed by atoms with van der Waals surface area (Å²) >= 11 is 0. The van der Waals surface area contributed by atoms with E-state index in [1.54, 1.807) is 12.1 Å². The SMILES string of the molecule is CC(=O)NCC1CN(c2ccc(-c3ccc(C(CO)N4CCC4)cc3)c(F)c2)C(=O)O1. The van der Waals surface area contributed by atoms with Gasteiger partial charge in [0.2, 0.25) is 5.91 Å². The van der Waals surface area contributed by atoms with E-state index in [0.29, 0.717) is 11.3 Å². The Hall–Kier alpha value is -2.97. The molecule has 0 aromatic heterocycles. The number of hydrogen-bond donors (Lipinski definition) is 2. The first-order valence-corrected chi connectivity index (χ1v) is 10.4. The van der Waals surface area contributed by atoms with Crippen molar-refractivity contribution in [3.8, 4) is 11.1 Å². The van der Waals surface area contributed by atoms with Crippen LogP contribution in [0.4, 0.5) is 14.9 Å². The van der Waals surface area contributed by atoms with Gasteiger partial charge in [0.05, 0.1) is 31.4 Å². The fraction of sp³-hybridized carbons (Fsp3) is 0.391. The van der Waals surface area contributed by atoms with Crippen LogP contribution >= 0.6 is 0 Å². The number of likely N-dealkylation sites (tertiary alicyclic amines) is 1. The van der Waals surface area contributed by atoms with Crippen LogP contribution in [0.15, 0.2) is 42.5 Å². The lowest BCUT2D eigenvalue weighted by Crippen LogP contribution is -2.41. The summed E-state index contributed by atoms with van der Waals surface area (Å²) in [4.78, 5) is 26.8. The minimum atomic E-state index is -0.562. The van der Waals surface area contributed by atoms with Gasteiger partial charge in [-0.25, -0.2) is 9.18 Å². The van der Waals surface area contributed by atoms with Gasteiger partial charge < -0.3 is 15.2 Å². The number of carbonyl (C=O) groups excluding carboxylic acids is 2. The third kappa shape index (κ3) is 4.55.